The summed E-state index contributed by atoms with van der Waals surface area (Å²) >= 11 is 0. The van der Waals surface area contributed by atoms with Crippen LogP contribution < -0.4 is 4.74 Å². The highest BCUT2D eigenvalue weighted by Gasteiger charge is 2.16. The van der Waals surface area contributed by atoms with Crippen molar-refractivity contribution in [3.05, 3.63) is 29.8 Å². The molecule has 0 aromatic heterocycles. The zero-order valence-electron chi connectivity index (χ0n) is 11.6. The summed E-state index contributed by atoms with van der Waals surface area (Å²) in [7, 11) is 1.80. The predicted molar refractivity (Wildman–Crippen MR) is 79.4 cm³/mol. The van der Waals surface area contributed by atoms with Crippen LogP contribution in [0.1, 0.15) is 38.7 Å². The molecule has 0 fully saturated rings. The van der Waals surface area contributed by atoms with Crippen LogP contribution in [-0.2, 0) is 9.05 Å². The van der Waals surface area contributed by atoms with Crippen LogP contribution in [0.4, 0.5) is 0 Å². The Morgan fingerprint density at radius 3 is 2.53 bits per heavy atom. The molecule has 0 heterocycles. The van der Waals surface area contributed by atoms with Crippen molar-refractivity contribution < 1.29 is 13.2 Å². The van der Waals surface area contributed by atoms with E-state index in [1.807, 2.05) is 25.1 Å². The fraction of sp³-hybridized carbons (Fsp3) is 0.571. The van der Waals surface area contributed by atoms with Gasteiger partial charge in [0.05, 0.1) is 12.4 Å². The molecule has 0 aliphatic rings. The molecule has 108 valence electrons. The molecule has 0 N–H and O–H groups in total. The van der Waals surface area contributed by atoms with E-state index in [0.29, 0.717) is 12.5 Å². The highest BCUT2D eigenvalue weighted by atomic mass is 35.7. The maximum Gasteiger partial charge on any atom is 0.232 e. The van der Waals surface area contributed by atoms with Crippen molar-refractivity contribution in [2.45, 2.75) is 33.1 Å². The second-order valence-electron chi connectivity index (χ2n) is 5.02. The van der Waals surface area contributed by atoms with Crippen molar-refractivity contribution >= 4 is 19.7 Å². The number of hydrogen-bond acceptors (Lipinski definition) is 3. The molecule has 0 saturated carbocycles. The lowest BCUT2D eigenvalue weighted by Crippen LogP contribution is -2.19. The van der Waals surface area contributed by atoms with Crippen LogP contribution in [0.25, 0.3) is 0 Å². The fourth-order valence-electron chi connectivity index (χ4n) is 1.74. The second kappa shape index (κ2) is 7.15. The standard InChI is InChI=1S/C14H21ClO3S/c1-4-12(10-19(15,16)17)9-18-14-7-5-6-13(8-14)11(2)3/h5-8,11-12H,4,9-10H2,1-3H3. The first-order chi connectivity index (χ1) is 8.81. The van der Waals surface area contributed by atoms with Crippen LogP contribution in [-0.4, -0.2) is 20.8 Å². The molecule has 1 unspecified atom stereocenters. The smallest absolute Gasteiger partial charge is 0.232 e. The van der Waals surface area contributed by atoms with Gasteiger partial charge in [0, 0.05) is 16.6 Å². The zero-order chi connectivity index (χ0) is 14.5. The van der Waals surface area contributed by atoms with Gasteiger partial charge in [0.2, 0.25) is 9.05 Å². The van der Waals surface area contributed by atoms with Crippen LogP contribution in [0.2, 0.25) is 0 Å². The van der Waals surface area contributed by atoms with E-state index in [0.717, 1.165) is 12.2 Å². The number of rotatable bonds is 7. The molecule has 0 spiro atoms. The summed E-state index contributed by atoms with van der Waals surface area (Å²) in [6.07, 6.45) is 0.718. The molecule has 1 atom stereocenters. The molecular weight excluding hydrogens is 284 g/mol. The number of benzene rings is 1. The predicted octanol–water partition coefficient (Wildman–Crippen LogP) is 3.78. The van der Waals surface area contributed by atoms with Crippen LogP contribution in [0, 0.1) is 5.92 Å². The van der Waals surface area contributed by atoms with E-state index in [-0.39, 0.29) is 11.7 Å². The van der Waals surface area contributed by atoms with Gasteiger partial charge in [-0.25, -0.2) is 8.42 Å². The van der Waals surface area contributed by atoms with E-state index in [1.165, 1.54) is 5.56 Å². The Balaban J connectivity index is 2.62. The molecule has 1 aromatic rings. The molecule has 0 radical (unpaired) electrons. The summed E-state index contributed by atoms with van der Waals surface area (Å²) in [6, 6.07) is 7.88. The molecule has 1 aromatic carbocycles. The minimum atomic E-state index is -3.47. The fourth-order valence-corrected chi connectivity index (χ4v) is 3.17. The first kappa shape index (κ1) is 16.3. The van der Waals surface area contributed by atoms with Crippen LogP contribution in [0.15, 0.2) is 24.3 Å². The average Bonchev–Trinajstić information content (AvgIpc) is 2.33. The minimum Gasteiger partial charge on any atom is -0.493 e. The maximum absolute atomic E-state index is 11.1. The van der Waals surface area contributed by atoms with E-state index >= 15 is 0 Å². The first-order valence-corrected chi connectivity index (χ1v) is 8.94. The highest BCUT2D eigenvalue weighted by Crippen LogP contribution is 2.21. The van der Waals surface area contributed by atoms with E-state index in [9.17, 15) is 8.42 Å². The molecule has 5 heteroatoms. The normalized spacial score (nSPS) is 13.5. The van der Waals surface area contributed by atoms with Gasteiger partial charge < -0.3 is 4.74 Å². The quantitative estimate of drug-likeness (QED) is 0.720. The largest absolute Gasteiger partial charge is 0.493 e. The van der Waals surface area contributed by atoms with Crippen LogP contribution >= 0.6 is 10.7 Å². The van der Waals surface area contributed by atoms with E-state index in [2.05, 4.69) is 19.9 Å². The number of hydrogen-bond donors (Lipinski definition) is 0. The summed E-state index contributed by atoms with van der Waals surface area (Å²) in [5, 5.41) is 0. The summed E-state index contributed by atoms with van der Waals surface area (Å²) in [5.41, 5.74) is 1.20. The minimum absolute atomic E-state index is 0.0467. The lowest BCUT2D eigenvalue weighted by molar-refractivity contribution is 0.257. The van der Waals surface area contributed by atoms with Gasteiger partial charge in [0.15, 0.2) is 0 Å². The first-order valence-electron chi connectivity index (χ1n) is 6.47. The Bertz CT molecular complexity index is 497. The van der Waals surface area contributed by atoms with Crippen molar-refractivity contribution in [1.29, 1.82) is 0 Å². The molecule has 19 heavy (non-hydrogen) atoms. The average molecular weight is 305 g/mol. The summed E-state index contributed by atoms with van der Waals surface area (Å²) in [6.45, 7) is 6.53. The summed E-state index contributed by atoms with van der Waals surface area (Å²) in [5.74, 6) is 1.09. The van der Waals surface area contributed by atoms with Gasteiger partial charge in [-0.05, 0) is 30.0 Å². The molecule has 0 bridgehead atoms. The maximum atomic E-state index is 11.1. The second-order valence-corrected chi connectivity index (χ2v) is 7.84. The van der Waals surface area contributed by atoms with Crippen molar-refractivity contribution in [1.82, 2.24) is 0 Å². The third kappa shape index (κ3) is 6.30. The lowest BCUT2D eigenvalue weighted by atomic mass is 10.0. The molecule has 3 nitrogen and oxygen atoms in total. The summed E-state index contributed by atoms with van der Waals surface area (Å²) < 4.78 is 27.8. The van der Waals surface area contributed by atoms with E-state index < -0.39 is 9.05 Å². The molecular formula is C14H21ClO3S. The van der Waals surface area contributed by atoms with Crippen molar-refractivity contribution in [3.8, 4) is 5.75 Å². The van der Waals surface area contributed by atoms with E-state index in [1.54, 1.807) is 0 Å². The molecule has 0 aliphatic carbocycles. The Hall–Kier alpha value is -0.740. The molecule has 0 saturated heterocycles. The van der Waals surface area contributed by atoms with Gasteiger partial charge in [0.25, 0.3) is 0 Å². The van der Waals surface area contributed by atoms with Crippen LogP contribution in [0.5, 0.6) is 5.75 Å². The zero-order valence-corrected chi connectivity index (χ0v) is 13.2. The highest BCUT2D eigenvalue weighted by molar-refractivity contribution is 8.13. The van der Waals surface area contributed by atoms with Crippen molar-refractivity contribution in [2.75, 3.05) is 12.4 Å². The third-order valence-electron chi connectivity index (χ3n) is 3.02. The van der Waals surface area contributed by atoms with Crippen molar-refractivity contribution in [2.24, 2.45) is 5.92 Å². The monoisotopic (exact) mass is 304 g/mol. The Morgan fingerprint density at radius 1 is 1.32 bits per heavy atom. The number of halogens is 1. The summed E-state index contributed by atoms with van der Waals surface area (Å²) in [4.78, 5) is 0. The van der Waals surface area contributed by atoms with Gasteiger partial charge in [-0.15, -0.1) is 0 Å². The van der Waals surface area contributed by atoms with Gasteiger partial charge in [0.1, 0.15) is 5.75 Å². The van der Waals surface area contributed by atoms with E-state index in [4.69, 9.17) is 15.4 Å². The lowest BCUT2D eigenvalue weighted by Gasteiger charge is -2.15. The topological polar surface area (TPSA) is 43.4 Å². The number of ether oxygens (including phenoxy) is 1. The Kier molecular flexibility index (Phi) is 6.14. The SMILES string of the molecule is CCC(COc1cccc(C(C)C)c1)CS(=O)(=O)Cl. The molecule has 0 amide bonds. The Morgan fingerprint density at radius 2 is 2.00 bits per heavy atom. The van der Waals surface area contributed by atoms with Gasteiger partial charge in [-0.3, -0.25) is 0 Å². The third-order valence-corrected chi connectivity index (χ3v) is 4.27. The van der Waals surface area contributed by atoms with Gasteiger partial charge >= 0.3 is 0 Å². The molecule has 1 rings (SSSR count). The van der Waals surface area contributed by atoms with Gasteiger partial charge in [-0.1, -0.05) is 32.9 Å². The molecule has 0 aliphatic heterocycles. The van der Waals surface area contributed by atoms with Crippen LogP contribution in [0.3, 0.4) is 0 Å². The van der Waals surface area contributed by atoms with Gasteiger partial charge in [-0.2, -0.15) is 0 Å². The Labute approximate surface area is 120 Å². The van der Waals surface area contributed by atoms with Crippen molar-refractivity contribution in [3.63, 3.8) is 0 Å².